The standard InChI is InChI=1S/C27H35FN2O12/c1-24-7-6-16(31)10-15(24)4-5-17-18-11-19(32)27(37,25(18,2)12-20(33)26(17,24)28)21(34)14-41-22(35)13-29-23(36)40-8-3-9-42-30(38)39/h6-7,10,17-20,32-33,37H,3-5,8-9,11-14H2,1-2H3,(H,29,36)/t17-,18-,19+,20-,24-,25-,26-,27-/m0/s1. The summed E-state index contributed by atoms with van der Waals surface area (Å²) in [5, 5.41) is 45.1. The number of aliphatic hydroxyl groups is 3. The van der Waals surface area contributed by atoms with Gasteiger partial charge in [-0.3, -0.25) is 14.4 Å². The quantitative estimate of drug-likeness (QED) is 0.117. The first kappa shape index (κ1) is 31.5. The Morgan fingerprint density at radius 2 is 1.88 bits per heavy atom. The monoisotopic (exact) mass is 598 g/mol. The van der Waals surface area contributed by atoms with Crippen LogP contribution in [0.3, 0.4) is 0 Å². The van der Waals surface area contributed by atoms with Crippen molar-refractivity contribution in [2.24, 2.45) is 22.7 Å². The Balaban J connectivity index is 1.39. The first-order valence-corrected chi connectivity index (χ1v) is 13.7. The summed E-state index contributed by atoms with van der Waals surface area (Å²) in [5.74, 6) is -3.93. The van der Waals surface area contributed by atoms with Crippen molar-refractivity contribution in [3.8, 4) is 0 Å². The Morgan fingerprint density at radius 1 is 1.17 bits per heavy atom. The number of rotatable bonds is 10. The van der Waals surface area contributed by atoms with Gasteiger partial charge >= 0.3 is 12.1 Å². The second kappa shape index (κ2) is 11.3. The number of allylic oxidation sites excluding steroid dienone is 4. The van der Waals surface area contributed by atoms with Crippen LogP contribution in [0.5, 0.6) is 0 Å². The Kier molecular flexibility index (Phi) is 8.50. The molecule has 0 bridgehead atoms. The molecule has 0 aliphatic heterocycles. The highest BCUT2D eigenvalue weighted by Gasteiger charge is 2.76. The zero-order valence-electron chi connectivity index (χ0n) is 23.2. The molecule has 0 spiro atoms. The average molecular weight is 599 g/mol. The van der Waals surface area contributed by atoms with Crippen molar-refractivity contribution in [3.63, 3.8) is 0 Å². The maximum Gasteiger partial charge on any atom is 0.407 e. The number of ketones is 2. The molecule has 14 nitrogen and oxygen atoms in total. The maximum atomic E-state index is 17.1. The number of Topliss-reactive ketones (excluding diaryl/α,β-unsaturated/α-hetero) is 1. The van der Waals surface area contributed by atoms with Gasteiger partial charge in [0.2, 0.25) is 5.78 Å². The number of carbonyl (C=O) groups excluding carboxylic acids is 4. The lowest BCUT2D eigenvalue weighted by atomic mass is 9.44. The number of carbonyl (C=O) groups is 4. The molecular weight excluding hydrogens is 563 g/mol. The van der Waals surface area contributed by atoms with Crippen LogP contribution in [0.1, 0.15) is 46.0 Å². The van der Waals surface area contributed by atoms with Crippen molar-refractivity contribution in [1.82, 2.24) is 5.32 Å². The highest BCUT2D eigenvalue weighted by Crippen LogP contribution is 2.69. The van der Waals surface area contributed by atoms with E-state index >= 15 is 4.39 Å². The minimum absolute atomic E-state index is 0.0284. The van der Waals surface area contributed by atoms with Crippen molar-refractivity contribution >= 4 is 23.6 Å². The number of alkyl carbamates (subject to hydrolysis) is 1. The molecule has 4 N–H and O–H groups in total. The summed E-state index contributed by atoms with van der Waals surface area (Å²) in [6.07, 6.45) is -0.0549. The molecule has 15 heteroatoms. The Labute approximate surface area is 240 Å². The molecule has 4 rings (SSSR count). The van der Waals surface area contributed by atoms with Crippen molar-refractivity contribution in [2.45, 2.75) is 69.4 Å². The van der Waals surface area contributed by atoms with Crippen LogP contribution in [0.4, 0.5) is 9.18 Å². The van der Waals surface area contributed by atoms with Crippen molar-refractivity contribution < 1.29 is 58.3 Å². The molecular formula is C27H35FN2O12. The molecule has 4 aliphatic rings. The first-order valence-electron chi connectivity index (χ1n) is 13.7. The number of hydrogen-bond donors (Lipinski definition) is 4. The van der Waals surface area contributed by atoms with E-state index in [1.165, 1.54) is 25.2 Å². The van der Waals surface area contributed by atoms with E-state index < -0.39 is 82.2 Å². The Bertz CT molecular complexity index is 1220. The topological polar surface area (TPSA) is 212 Å². The molecule has 0 saturated heterocycles. The number of hydrogen-bond acceptors (Lipinski definition) is 12. The maximum absolute atomic E-state index is 17.1. The molecule has 1 amide bonds. The van der Waals surface area contributed by atoms with Crippen molar-refractivity contribution in [3.05, 3.63) is 33.9 Å². The molecule has 0 heterocycles. The Hall–Kier alpha value is -3.43. The lowest BCUT2D eigenvalue weighted by Crippen LogP contribution is -2.69. The van der Waals surface area contributed by atoms with Crippen LogP contribution >= 0.6 is 0 Å². The van der Waals surface area contributed by atoms with Gasteiger partial charge in [0.15, 0.2) is 23.7 Å². The predicted octanol–water partition coefficient (Wildman–Crippen LogP) is 0.496. The molecule has 0 aromatic rings. The number of nitrogens with zero attached hydrogens (tertiary/aromatic N) is 1. The van der Waals surface area contributed by atoms with Gasteiger partial charge in [-0.05, 0) is 50.7 Å². The fourth-order valence-corrected chi connectivity index (χ4v) is 7.59. The van der Waals surface area contributed by atoms with Crippen LogP contribution < -0.4 is 5.32 Å². The highest BCUT2D eigenvalue weighted by atomic mass is 19.1. The van der Waals surface area contributed by atoms with Crippen LogP contribution in [0.15, 0.2) is 23.8 Å². The molecule has 8 atom stereocenters. The van der Waals surface area contributed by atoms with Gasteiger partial charge in [-0.1, -0.05) is 18.6 Å². The van der Waals surface area contributed by atoms with Crippen molar-refractivity contribution in [2.75, 3.05) is 26.4 Å². The first-order chi connectivity index (χ1) is 19.6. The zero-order valence-corrected chi connectivity index (χ0v) is 23.2. The zero-order chi connectivity index (χ0) is 31.1. The average Bonchev–Trinajstić information content (AvgIpc) is 3.12. The molecule has 0 radical (unpaired) electrons. The lowest BCUT2D eigenvalue weighted by molar-refractivity contribution is -0.757. The van der Waals surface area contributed by atoms with Gasteiger partial charge in [0, 0.05) is 23.2 Å². The normalized spacial score (nSPS) is 38.3. The van der Waals surface area contributed by atoms with Crippen LogP contribution in [0.2, 0.25) is 0 Å². The third kappa shape index (κ3) is 4.96. The number of alkyl halides is 1. The van der Waals surface area contributed by atoms with Gasteiger partial charge in [-0.2, -0.15) is 0 Å². The lowest BCUT2D eigenvalue weighted by Gasteiger charge is -2.62. The predicted molar refractivity (Wildman–Crippen MR) is 138 cm³/mol. The van der Waals surface area contributed by atoms with Gasteiger partial charge in [-0.15, -0.1) is 10.1 Å². The minimum atomic E-state index is -2.46. The number of nitrogens with one attached hydrogen (secondary N) is 1. The van der Waals surface area contributed by atoms with Crippen LogP contribution in [0, 0.1) is 32.8 Å². The number of halogens is 1. The van der Waals surface area contributed by atoms with Gasteiger partial charge in [0.25, 0.3) is 5.09 Å². The molecule has 0 aromatic carbocycles. The van der Waals surface area contributed by atoms with Crippen LogP contribution in [-0.2, 0) is 28.7 Å². The number of amides is 1. The van der Waals surface area contributed by atoms with Crippen molar-refractivity contribution in [1.29, 1.82) is 0 Å². The fourth-order valence-electron chi connectivity index (χ4n) is 7.59. The second-order valence-electron chi connectivity index (χ2n) is 11.8. The smallest absolute Gasteiger partial charge is 0.407 e. The molecule has 0 aromatic heterocycles. The molecule has 232 valence electrons. The van der Waals surface area contributed by atoms with E-state index in [9.17, 15) is 44.6 Å². The van der Waals surface area contributed by atoms with Crippen LogP contribution in [0.25, 0.3) is 0 Å². The summed E-state index contributed by atoms with van der Waals surface area (Å²) < 4.78 is 26.8. The van der Waals surface area contributed by atoms with E-state index in [1.807, 2.05) is 0 Å². The summed E-state index contributed by atoms with van der Waals surface area (Å²) in [4.78, 5) is 63.2. The van der Waals surface area contributed by atoms with E-state index in [0.717, 1.165) is 0 Å². The molecule has 4 aliphatic carbocycles. The third-order valence-electron chi connectivity index (χ3n) is 9.75. The van der Waals surface area contributed by atoms with E-state index in [-0.39, 0.29) is 44.7 Å². The van der Waals surface area contributed by atoms with E-state index in [2.05, 4.69) is 10.2 Å². The largest absolute Gasteiger partial charge is 0.456 e. The third-order valence-corrected chi connectivity index (χ3v) is 9.75. The summed E-state index contributed by atoms with van der Waals surface area (Å²) in [6, 6.07) is 0. The fraction of sp³-hybridized carbons (Fsp3) is 0.704. The molecule has 3 fully saturated rings. The number of fused-ring (bicyclic) bond motifs is 5. The van der Waals surface area contributed by atoms with E-state index in [4.69, 9.17) is 9.47 Å². The van der Waals surface area contributed by atoms with Gasteiger partial charge in [0.05, 0.1) is 25.4 Å². The summed E-state index contributed by atoms with van der Waals surface area (Å²) in [6.45, 7) is 0.957. The van der Waals surface area contributed by atoms with Crippen LogP contribution in [-0.4, -0.2) is 93.9 Å². The van der Waals surface area contributed by atoms with E-state index in [0.29, 0.717) is 12.0 Å². The van der Waals surface area contributed by atoms with Gasteiger partial charge < -0.3 is 34.9 Å². The summed E-state index contributed by atoms with van der Waals surface area (Å²) in [7, 11) is 0. The highest BCUT2D eigenvalue weighted by molar-refractivity contribution is 6.01. The number of aliphatic hydroxyl groups excluding tert-OH is 2. The van der Waals surface area contributed by atoms with E-state index in [1.54, 1.807) is 6.92 Å². The Morgan fingerprint density at radius 3 is 2.57 bits per heavy atom. The minimum Gasteiger partial charge on any atom is -0.456 e. The number of ether oxygens (including phenoxy) is 2. The summed E-state index contributed by atoms with van der Waals surface area (Å²) >= 11 is 0. The SMILES string of the molecule is C[C@]12C=CC(=O)C=C1CC[C@H]1[C@@H]3C[C@@H](O)[C@](O)(C(=O)COC(=O)CNC(=O)OCCCO[N+](=O)[O-])[C@@]3(C)C[C@H](O)[C@@]12F. The number of esters is 1. The molecule has 42 heavy (non-hydrogen) atoms. The summed E-state index contributed by atoms with van der Waals surface area (Å²) in [5.41, 5.74) is -6.88. The van der Waals surface area contributed by atoms with Gasteiger partial charge in [0.1, 0.15) is 6.54 Å². The molecule has 0 unspecified atom stereocenters. The molecule has 3 saturated carbocycles. The van der Waals surface area contributed by atoms with Gasteiger partial charge in [-0.25, -0.2) is 9.18 Å². The second-order valence-corrected chi connectivity index (χ2v) is 11.8.